The number of hydrogen-bond donors (Lipinski definition) is 1. The van der Waals surface area contributed by atoms with Crippen molar-refractivity contribution >= 4 is 39.7 Å². The summed E-state index contributed by atoms with van der Waals surface area (Å²) >= 11 is 7.46. The number of aryl methyl sites for hydroxylation is 2. The SMILES string of the molecule is O=C(Nc1nc2c(s1)CCc1ccccc1-2)c1ccc([N+](=O)[O-])cc1Cl. The number of carbonyl (C=O) groups excluding carboxylic acids is 1. The Labute approximate surface area is 157 Å². The van der Waals surface area contributed by atoms with Crippen LogP contribution in [0.4, 0.5) is 10.8 Å². The van der Waals surface area contributed by atoms with E-state index in [1.807, 2.05) is 18.2 Å². The highest BCUT2D eigenvalue weighted by Crippen LogP contribution is 2.38. The fraction of sp³-hybridized carbons (Fsp3) is 0.111. The maximum absolute atomic E-state index is 12.5. The zero-order chi connectivity index (χ0) is 18.3. The molecule has 1 heterocycles. The van der Waals surface area contributed by atoms with Crippen LogP contribution in [-0.4, -0.2) is 15.8 Å². The number of nitro groups is 1. The summed E-state index contributed by atoms with van der Waals surface area (Å²) in [5, 5.41) is 14.0. The second-order valence-corrected chi connectivity index (χ2v) is 7.31. The molecular formula is C18H12ClN3O3S. The van der Waals surface area contributed by atoms with Crippen molar-refractivity contribution in [3.8, 4) is 11.3 Å². The summed E-state index contributed by atoms with van der Waals surface area (Å²) in [4.78, 5) is 28.4. The van der Waals surface area contributed by atoms with Crippen LogP contribution in [0.2, 0.25) is 5.02 Å². The fourth-order valence-corrected chi connectivity index (χ4v) is 4.20. The Morgan fingerprint density at radius 3 is 2.81 bits per heavy atom. The maximum atomic E-state index is 12.5. The molecule has 0 atom stereocenters. The number of carbonyl (C=O) groups is 1. The number of benzene rings is 2. The van der Waals surface area contributed by atoms with Gasteiger partial charge in [0.1, 0.15) is 0 Å². The molecule has 8 heteroatoms. The van der Waals surface area contributed by atoms with Crippen molar-refractivity contribution in [1.29, 1.82) is 0 Å². The molecular weight excluding hydrogens is 374 g/mol. The molecule has 0 bridgehead atoms. The number of non-ortho nitro benzene ring substituents is 1. The molecule has 130 valence electrons. The van der Waals surface area contributed by atoms with Crippen LogP contribution < -0.4 is 5.32 Å². The van der Waals surface area contributed by atoms with Crippen LogP contribution in [0.3, 0.4) is 0 Å². The number of fused-ring (bicyclic) bond motifs is 3. The first-order valence-corrected chi connectivity index (χ1v) is 9.05. The van der Waals surface area contributed by atoms with Gasteiger partial charge >= 0.3 is 0 Å². The smallest absolute Gasteiger partial charge is 0.270 e. The molecule has 2 aromatic carbocycles. The van der Waals surface area contributed by atoms with Gasteiger partial charge in [-0.1, -0.05) is 35.9 Å². The van der Waals surface area contributed by atoms with Crippen molar-refractivity contribution in [3.05, 3.63) is 73.6 Å². The highest BCUT2D eigenvalue weighted by Gasteiger charge is 2.22. The Balaban J connectivity index is 1.61. The van der Waals surface area contributed by atoms with E-state index in [-0.39, 0.29) is 16.3 Å². The summed E-state index contributed by atoms with van der Waals surface area (Å²) in [5.41, 5.74) is 3.26. The lowest BCUT2D eigenvalue weighted by atomic mass is 9.94. The third-order valence-electron chi connectivity index (χ3n) is 4.22. The van der Waals surface area contributed by atoms with E-state index < -0.39 is 10.8 Å². The molecule has 1 aromatic heterocycles. The van der Waals surface area contributed by atoms with Crippen molar-refractivity contribution in [2.75, 3.05) is 5.32 Å². The normalized spacial score (nSPS) is 12.2. The van der Waals surface area contributed by atoms with Gasteiger partial charge in [0.2, 0.25) is 0 Å². The van der Waals surface area contributed by atoms with Gasteiger partial charge in [0.05, 0.1) is 21.2 Å². The summed E-state index contributed by atoms with van der Waals surface area (Å²) in [7, 11) is 0. The second-order valence-electron chi connectivity index (χ2n) is 5.82. The minimum absolute atomic E-state index is 0.0309. The third kappa shape index (κ3) is 2.95. The number of rotatable bonds is 3. The summed E-state index contributed by atoms with van der Waals surface area (Å²) in [5.74, 6) is -0.440. The summed E-state index contributed by atoms with van der Waals surface area (Å²) in [6.45, 7) is 0. The minimum atomic E-state index is -0.556. The molecule has 1 aliphatic carbocycles. The van der Waals surface area contributed by atoms with Crippen LogP contribution >= 0.6 is 22.9 Å². The molecule has 0 saturated carbocycles. The zero-order valence-corrected chi connectivity index (χ0v) is 14.9. The largest absolute Gasteiger partial charge is 0.298 e. The van der Waals surface area contributed by atoms with Crippen LogP contribution in [0, 0.1) is 10.1 Å². The molecule has 4 rings (SSSR count). The Hall–Kier alpha value is -2.77. The molecule has 6 nitrogen and oxygen atoms in total. The van der Waals surface area contributed by atoms with E-state index >= 15 is 0 Å². The van der Waals surface area contributed by atoms with Crippen molar-refractivity contribution in [2.24, 2.45) is 0 Å². The van der Waals surface area contributed by atoms with Gasteiger partial charge in [-0.25, -0.2) is 4.98 Å². The Bertz CT molecular complexity index is 1050. The van der Waals surface area contributed by atoms with Gasteiger partial charge in [0, 0.05) is 22.6 Å². The molecule has 26 heavy (non-hydrogen) atoms. The first-order chi connectivity index (χ1) is 12.5. The van der Waals surface area contributed by atoms with E-state index in [1.165, 1.54) is 35.1 Å². The Morgan fingerprint density at radius 2 is 2.04 bits per heavy atom. The number of thiazole rings is 1. The molecule has 1 amide bonds. The van der Waals surface area contributed by atoms with E-state index in [4.69, 9.17) is 11.6 Å². The van der Waals surface area contributed by atoms with Crippen LogP contribution in [0.1, 0.15) is 20.8 Å². The summed E-state index contributed by atoms with van der Waals surface area (Å²) in [6, 6.07) is 11.9. The molecule has 0 radical (unpaired) electrons. The van der Waals surface area contributed by atoms with Gasteiger partial charge in [0.15, 0.2) is 5.13 Å². The van der Waals surface area contributed by atoms with Gasteiger partial charge in [0.25, 0.3) is 11.6 Å². The second kappa shape index (κ2) is 6.51. The predicted octanol–water partition coefficient (Wildman–Crippen LogP) is 4.72. The fourth-order valence-electron chi connectivity index (χ4n) is 2.97. The molecule has 1 aliphatic rings. The molecule has 0 aliphatic heterocycles. The molecule has 3 aromatic rings. The highest BCUT2D eigenvalue weighted by atomic mass is 35.5. The maximum Gasteiger partial charge on any atom is 0.270 e. The van der Waals surface area contributed by atoms with Crippen LogP contribution in [-0.2, 0) is 12.8 Å². The zero-order valence-electron chi connectivity index (χ0n) is 13.4. The third-order valence-corrected chi connectivity index (χ3v) is 5.56. The molecule has 0 fully saturated rings. The summed E-state index contributed by atoms with van der Waals surface area (Å²) < 4.78 is 0. The van der Waals surface area contributed by atoms with Crippen molar-refractivity contribution in [2.45, 2.75) is 12.8 Å². The number of anilines is 1. The first kappa shape index (κ1) is 16.7. The van der Waals surface area contributed by atoms with E-state index in [1.54, 1.807) is 0 Å². The van der Waals surface area contributed by atoms with Gasteiger partial charge in [-0.15, -0.1) is 11.3 Å². The molecule has 1 N–H and O–H groups in total. The van der Waals surface area contributed by atoms with E-state index in [0.717, 1.165) is 29.0 Å². The number of amides is 1. The number of halogens is 1. The highest BCUT2D eigenvalue weighted by molar-refractivity contribution is 7.16. The van der Waals surface area contributed by atoms with Crippen LogP contribution in [0.15, 0.2) is 42.5 Å². The van der Waals surface area contributed by atoms with E-state index in [9.17, 15) is 14.9 Å². The number of nitrogens with zero attached hydrogens (tertiary/aromatic N) is 2. The van der Waals surface area contributed by atoms with Gasteiger partial charge in [-0.2, -0.15) is 0 Å². The van der Waals surface area contributed by atoms with Crippen LogP contribution in [0.5, 0.6) is 0 Å². The topological polar surface area (TPSA) is 85.1 Å². The lowest BCUT2D eigenvalue weighted by molar-refractivity contribution is -0.384. The van der Waals surface area contributed by atoms with Gasteiger partial charge in [-0.3, -0.25) is 20.2 Å². The number of nitro benzene ring substituents is 1. The lowest BCUT2D eigenvalue weighted by Gasteiger charge is -2.13. The van der Waals surface area contributed by atoms with Crippen molar-refractivity contribution in [1.82, 2.24) is 4.98 Å². The quantitative estimate of drug-likeness (QED) is 0.522. The van der Waals surface area contributed by atoms with Gasteiger partial charge < -0.3 is 0 Å². The predicted molar refractivity (Wildman–Crippen MR) is 101 cm³/mol. The minimum Gasteiger partial charge on any atom is -0.298 e. The lowest BCUT2D eigenvalue weighted by Crippen LogP contribution is -2.12. The summed E-state index contributed by atoms with van der Waals surface area (Å²) in [6.07, 6.45) is 1.84. The molecule has 0 spiro atoms. The first-order valence-electron chi connectivity index (χ1n) is 7.86. The molecule has 0 saturated heterocycles. The Kier molecular flexibility index (Phi) is 4.18. The number of hydrogen-bond acceptors (Lipinski definition) is 5. The monoisotopic (exact) mass is 385 g/mol. The number of aromatic nitrogens is 1. The Morgan fingerprint density at radius 1 is 1.23 bits per heavy atom. The van der Waals surface area contributed by atoms with E-state index in [0.29, 0.717) is 5.13 Å². The average molecular weight is 386 g/mol. The average Bonchev–Trinajstić information content (AvgIpc) is 3.04. The van der Waals surface area contributed by atoms with Crippen LogP contribution in [0.25, 0.3) is 11.3 Å². The van der Waals surface area contributed by atoms with Gasteiger partial charge in [-0.05, 0) is 24.5 Å². The standard InChI is InChI=1S/C18H12ClN3O3S/c19-14-9-11(22(24)25)6-7-13(14)17(23)21-18-20-16-12-4-2-1-3-10(12)5-8-15(16)26-18/h1-4,6-7,9H,5,8H2,(H,20,21,23). The van der Waals surface area contributed by atoms with Crippen molar-refractivity contribution < 1.29 is 9.72 Å². The number of nitrogens with one attached hydrogen (secondary N) is 1. The van der Waals surface area contributed by atoms with Crippen molar-refractivity contribution in [3.63, 3.8) is 0 Å². The molecule has 0 unspecified atom stereocenters. The van der Waals surface area contributed by atoms with E-state index in [2.05, 4.69) is 16.4 Å².